The van der Waals surface area contributed by atoms with Crippen LogP contribution in [0.5, 0.6) is 0 Å². The fraction of sp³-hybridized carbons (Fsp3) is 0.667. The Labute approximate surface area is 96.0 Å². The van der Waals surface area contributed by atoms with Gasteiger partial charge in [-0.15, -0.1) is 11.6 Å². The quantitative estimate of drug-likeness (QED) is 0.600. The summed E-state index contributed by atoms with van der Waals surface area (Å²) in [5.74, 6) is -0.975. The molecule has 0 aromatic rings. The summed E-state index contributed by atoms with van der Waals surface area (Å²) in [5, 5.41) is 7.10. The molecule has 0 aromatic heterocycles. The molecule has 0 aliphatic carbocycles. The van der Waals surface area contributed by atoms with Crippen LogP contribution in [0.25, 0.3) is 0 Å². The predicted octanol–water partition coefficient (Wildman–Crippen LogP) is 0.0498. The summed E-state index contributed by atoms with van der Waals surface area (Å²) in [7, 11) is 0. The van der Waals surface area contributed by atoms with E-state index in [2.05, 4.69) is 0 Å². The van der Waals surface area contributed by atoms with Crippen LogP contribution < -0.4 is 0 Å². The molecule has 0 aliphatic rings. The van der Waals surface area contributed by atoms with Crippen molar-refractivity contribution < 1.29 is 9.90 Å². The molecule has 2 nitrogen and oxygen atoms in total. The van der Waals surface area contributed by atoms with Crippen LogP contribution in [0.2, 0.25) is 0 Å². The Morgan fingerprint density at radius 3 is 2.00 bits per heavy atom. The van der Waals surface area contributed by atoms with Crippen molar-refractivity contribution in [1.82, 2.24) is 0 Å². The molecule has 1 unspecified atom stereocenters. The molecule has 4 heteroatoms. The number of hydrogen-bond acceptors (Lipinski definition) is 1. The molecule has 1 N–H and O–H groups in total. The van der Waals surface area contributed by atoms with Crippen molar-refractivity contribution in [2.24, 2.45) is 0 Å². The van der Waals surface area contributed by atoms with Gasteiger partial charge in [-0.3, -0.25) is 4.79 Å². The van der Waals surface area contributed by atoms with Gasteiger partial charge in [-0.05, 0) is 6.92 Å². The van der Waals surface area contributed by atoms with E-state index in [1.807, 2.05) is 0 Å². The second-order valence-electron chi connectivity index (χ2n) is 0.954. The molecule has 0 saturated carbocycles. The second-order valence-corrected chi connectivity index (χ2v) is 1.61. The van der Waals surface area contributed by atoms with Gasteiger partial charge in [0.2, 0.25) is 0 Å². The van der Waals surface area contributed by atoms with Crippen LogP contribution in [0, 0.1) is 0 Å². The van der Waals surface area contributed by atoms with Gasteiger partial charge in [0.15, 0.2) is 0 Å². The Bertz CT molecular complexity index is 64.0. The van der Waals surface area contributed by atoms with Gasteiger partial charge < -0.3 is 5.11 Å². The molecular formula is C3H6ClO2Rb. The van der Waals surface area contributed by atoms with E-state index in [1.54, 1.807) is 0 Å². The predicted molar refractivity (Wildman–Crippen MR) is 30.1 cm³/mol. The van der Waals surface area contributed by atoms with E-state index in [9.17, 15) is 4.79 Å². The molecule has 7 heavy (non-hydrogen) atoms. The monoisotopic (exact) mass is 194 g/mol. The Morgan fingerprint density at radius 2 is 2.00 bits per heavy atom. The van der Waals surface area contributed by atoms with Crippen LogP contribution in [-0.2, 0) is 4.79 Å². The third kappa shape index (κ3) is 7.57. The zero-order chi connectivity index (χ0) is 5.15. The molecule has 0 bridgehead atoms. The molecule has 0 aliphatic heterocycles. The van der Waals surface area contributed by atoms with Crippen molar-refractivity contribution in [2.45, 2.75) is 12.3 Å². The number of carbonyl (C=O) groups is 1. The molecule has 0 heterocycles. The van der Waals surface area contributed by atoms with Crippen molar-refractivity contribution in [3.05, 3.63) is 0 Å². The molecule has 0 fully saturated rings. The Balaban J connectivity index is 0. The molecule has 1 atom stereocenters. The van der Waals surface area contributed by atoms with E-state index >= 15 is 0 Å². The number of halogens is 1. The average molecular weight is 195 g/mol. The van der Waals surface area contributed by atoms with Gasteiger partial charge in [-0.2, -0.15) is 0 Å². The number of alkyl halides is 1. The summed E-state index contributed by atoms with van der Waals surface area (Å²) in [6.07, 6.45) is 0. The number of hydrogen-bond donors (Lipinski definition) is 1. The molecule has 0 amide bonds. The van der Waals surface area contributed by atoms with Gasteiger partial charge >= 0.3 is 64.2 Å². The third-order valence-corrected chi connectivity index (χ3v) is 0.527. The fourth-order valence-electron chi connectivity index (χ4n) is 0. The van der Waals surface area contributed by atoms with Crippen molar-refractivity contribution >= 4 is 75.8 Å². The Morgan fingerprint density at radius 1 is 1.86 bits per heavy atom. The van der Waals surface area contributed by atoms with Crippen LogP contribution >= 0.6 is 11.6 Å². The summed E-state index contributed by atoms with van der Waals surface area (Å²) in [6, 6.07) is 0. The molecule has 38 valence electrons. The van der Waals surface area contributed by atoms with Crippen LogP contribution in [0.1, 0.15) is 6.92 Å². The van der Waals surface area contributed by atoms with Crippen molar-refractivity contribution in [3.8, 4) is 0 Å². The Hall–Kier alpha value is 1.57. The first-order valence-corrected chi connectivity index (χ1v) is 1.95. The number of aliphatic carboxylic acids is 1. The van der Waals surface area contributed by atoms with Crippen LogP contribution in [0.3, 0.4) is 0 Å². The first kappa shape index (κ1) is 11.4. The second kappa shape index (κ2) is 5.70. The average Bonchev–Trinajstić information content (AvgIpc) is 1.36. The van der Waals surface area contributed by atoms with Crippen LogP contribution in [-0.4, -0.2) is 74.6 Å². The number of carboxylic acids is 1. The summed E-state index contributed by atoms with van der Waals surface area (Å²) in [4.78, 5) is 9.57. The van der Waals surface area contributed by atoms with Crippen LogP contribution in [0.4, 0.5) is 0 Å². The zero-order valence-corrected chi connectivity index (χ0v) is 4.07. The van der Waals surface area contributed by atoms with Crippen molar-refractivity contribution in [1.29, 1.82) is 0 Å². The van der Waals surface area contributed by atoms with E-state index in [4.69, 9.17) is 16.7 Å². The van der Waals surface area contributed by atoms with Gasteiger partial charge in [0.25, 0.3) is 0 Å². The van der Waals surface area contributed by atoms with Crippen molar-refractivity contribution in [3.63, 3.8) is 0 Å². The van der Waals surface area contributed by atoms with Crippen molar-refractivity contribution in [2.75, 3.05) is 0 Å². The summed E-state index contributed by atoms with van der Waals surface area (Å²) in [6.45, 7) is 1.41. The minimum atomic E-state index is -0.975. The van der Waals surface area contributed by atoms with E-state index in [0.29, 0.717) is 0 Å². The van der Waals surface area contributed by atoms with E-state index < -0.39 is 11.3 Å². The van der Waals surface area contributed by atoms with E-state index in [-0.39, 0.29) is 58.2 Å². The first-order chi connectivity index (χ1) is 2.64. The molecular weight excluding hydrogens is 189 g/mol. The van der Waals surface area contributed by atoms with Crippen LogP contribution in [0.15, 0.2) is 0 Å². The molecule has 0 aromatic carbocycles. The summed E-state index contributed by atoms with van der Waals surface area (Å²) < 4.78 is 0. The van der Waals surface area contributed by atoms with Gasteiger partial charge in [0.1, 0.15) is 5.38 Å². The van der Waals surface area contributed by atoms with Gasteiger partial charge in [0, 0.05) is 0 Å². The first-order valence-electron chi connectivity index (χ1n) is 1.51. The van der Waals surface area contributed by atoms with Gasteiger partial charge in [0.05, 0.1) is 0 Å². The SMILES string of the molecule is CC(Cl)C(=O)O.[RbH]. The number of rotatable bonds is 1. The zero-order valence-electron chi connectivity index (χ0n) is 3.31. The molecule has 0 spiro atoms. The summed E-state index contributed by atoms with van der Waals surface area (Å²) in [5.41, 5.74) is 0. The Kier molecular flexibility index (Phi) is 9.26. The topological polar surface area (TPSA) is 37.3 Å². The number of carboxylic acid groups (broad SMARTS) is 1. The minimum absolute atomic E-state index is 0. The normalized spacial score (nSPS) is 11.7. The molecule has 0 rings (SSSR count). The maximum atomic E-state index is 9.57. The fourth-order valence-corrected chi connectivity index (χ4v) is 0. The van der Waals surface area contributed by atoms with E-state index in [1.165, 1.54) is 6.92 Å². The molecule has 0 saturated heterocycles. The van der Waals surface area contributed by atoms with E-state index in [0.717, 1.165) is 0 Å². The maximum absolute atomic E-state index is 9.57. The van der Waals surface area contributed by atoms with Gasteiger partial charge in [-0.1, -0.05) is 0 Å². The van der Waals surface area contributed by atoms with Gasteiger partial charge in [-0.25, -0.2) is 0 Å². The summed E-state index contributed by atoms with van der Waals surface area (Å²) >= 11 is 5.01. The third-order valence-electron chi connectivity index (χ3n) is 0.340. The standard InChI is InChI=1S/C3H5ClO2.Rb.H/c1-2(4)3(5)6;;/h2H,1H3,(H,5,6);;. The molecule has 0 radical (unpaired) electrons.